The van der Waals surface area contributed by atoms with Gasteiger partial charge in [0.1, 0.15) is 11.5 Å². The van der Waals surface area contributed by atoms with Crippen molar-refractivity contribution in [3.05, 3.63) is 65.9 Å². The molecule has 23 heavy (non-hydrogen) atoms. The third-order valence-corrected chi connectivity index (χ3v) is 4.97. The van der Waals surface area contributed by atoms with E-state index in [2.05, 4.69) is 9.71 Å². The molecule has 2 heterocycles. The molecule has 0 fully saturated rings. The molecular formula is C16H16FN3O2S. The summed E-state index contributed by atoms with van der Waals surface area (Å²) >= 11 is 0. The Morgan fingerprint density at radius 2 is 2.09 bits per heavy atom. The number of hydrogen-bond donors (Lipinski definition) is 1. The molecule has 0 bridgehead atoms. The topological polar surface area (TPSA) is 63.5 Å². The SMILES string of the molecule is Cc1cccn2cc(CCNS(=O)(=O)c3cccc(F)c3)nc12. The van der Waals surface area contributed by atoms with E-state index in [0.29, 0.717) is 6.42 Å². The first-order chi connectivity index (χ1) is 11.0. The van der Waals surface area contributed by atoms with Gasteiger partial charge in [0.15, 0.2) is 0 Å². The average Bonchev–Trinajstić information content (AvgIpc) is 2.91. The van der Waals surface area contributed by atoms with E-state index in [-0.39, 0.29) is 11.4 Å². The molecule has 0 radical (unpaired) electrons. The molecule has 2 aromatic heterocycles. The highest BCUT2D eigenvalue weighted by Gasteiger charge is 2.14. The van der Waals surface area contributed by atoms with Gasteiger partial charge in [-0.25, -0.2) is 22.5 Å². The first-order valence-electron chi connectivity index (χ1n) is 7.14. The molecular weight excluding hydrogens is 317 g/mol. The largest absolute Gasteiger partial charge is 0.307 e. The van der Waals surface area contributed by atoms with Gasteiger partial charge in [-0.05, 0) is 36.8 Å². The number of benzene rings is 1. The van der Waals surface area contributed by atoms with Crippen molar-refractivity contribution in [1.29, 1.82) is 0 Å². The van der Waals surface area contributed by atoms with Crippen molar-refractivity contribution in [1.82, 2.24) is 14.1 Å². The minimum Gasteiger partial charge on any atom is -0.307 e. The molecule has 0 saturated carbocycles. The van der Waals surface area contributed by atoms with Gasteiger partial charge in [0.2, 0.25) is 10.0 Å². The summed E-state index contributed by atoms with van der Waals surface area (Å²) in [5.74, 6) is -0.580. The molecule has 1 N–H and O–H groups in total. The minimum atomic E-state index is -3.72. The van der Waals surface area contributed by atoms with Crippen LogP contribution in [0.5, 0.6) is 0 Å². The van der Waals surface area contributed by atoms with E-state index in [1.807, 2.05) is 35.9 Å². The molecule has 0 unspecified atom stereocenters. The molecule has 0 aliphatic heterocycles. The number of aryl methyl sites for hydroxylation is 1. The third-order valence-electron chi connectivity index (χ3n) is 3.51. The molecule has 7 heteroatoms. The Labute approximate surface area is 133 Å². The highest BCUT2D eigenvalue weighted by Crippen LogP contribution is 2.12. The third kappa shape index (κ3) is 3.40. The first kappa shape index (κ1) is 15.6. The van der Waals surface area contributed by atoms with Crippen LogP contribution in [0.3, 0.4) is 0 Å². The van der Waals surface area contributed by atoms with E-state index in [4.69, 9.17) is 0 Å². The molecule has 5 nitrogen and oxygen atoms in total. The summed E-state index contributed by atoms with van der Waals surface area (Å²) < 4.78 is 41.7. The average molecular weight is 333 g/mol. The smallest absolute Gasteiger partial charge is 0.240 e. The number of imidazole rings is 1. The van der Waals surface area contributed by atoms with Crippen LogP contribution in [0.1, 0.15) is 11.3 Å². The van der Waals surface area contributed by atoms with Gasteiger partial charge in [-0.15, -0.1) is 0 Å². The Bertz CT molecular complexity index is 951. The Morgan fingerprint density at radius 3 is 2.83 bits per heavy atom. The maximum atomic E-state index is 13.1. The van der Waals surface area contributed by atoms with Gasteiger partial charge in [0.25, 0.3) is 0 Å². The number of fused-ring (bicyclic) bond motifs is 1. The van der Waals surface area contributed by atoms with E-state index >= 15 is 0 Å². The summed E-state index contributed by atoms with van der Waals surface area (Å²) in [5, 5.41) is 0. The lowest BCUT2D eigenvalue weighted by Gasteiger charge is -2.05. The predicted octanol–water partition coefficient (Wildman–Crippen LogP) is 2.30. The van der Waals surface area contributed by atoms with Crippen molar-refractivity contribution in [3.63, 3.8) is 0 Å². The Morgan fingerprint density at radius 1 is 1.26 bits per heavy atom. The summed E-state index contributed by atoms with van der Waals surface area (Å²) in [6.45, 7) is 2.17. The fourth-order valence-electron chi connectivity index (χ4n) is 2.36. The lowest BCUT2D eigenvalue weighted by atomic mass is 10.3. The standard InChI is InChI=1S/C16H16FN3O2S/c1-12-4-3-9-20-11-14(19-16(12)20)7-8-18-23(21,22)15-6-2-5-13(17)10-15/h2-6,9-11,18H,7-8H2,1H3. The monoisotopic (exact) mass is 333 g/mol. The Hall–Kier alpha value is -2.25. The van der Waals surface area contributed by atoms with Crippen LogP contribution < -0.4 is 4.72 Å². The predicted molar refractivity (Wildman–Crippen MR) is 85.2 cm³/mol. The zero-order chi connectivity index (χ0) is 16.4. The first-order valence-corrected chi connectivity index (χ1v) is 8.62. The zero-order valence-corrected chi connectivity index (χ0v) is 13.3. The van der Waals surface area contributed by atoms with E-state index < -0.39 is 15.8 Å². The van der Waals surface area contributed by atoms with Crippen molar-refractivity contribution in [2.75, 3.05) is 6.54 Å². The zero-order valence-electron chi connectivity index (χ0n) is 12.5. The van der Waals surface area contributed by atoms with Crippen LogP contribution in [0.2, 0.25) is 0 Å². The number of sulfonamides is 1. The molecule has 3 rings (SSSR count). The number of aromatic nitrogens is 2. The number of nitrogens with one attached hydrogen (secondary N) is 1. The Balaban J connectivity index is 1.69. The summed E-state index contributed by atoms with van der Waals surface area (Å²) in [5.41, 5.74) is 2.70. The molecule has 120 valence electrons. The van der Waals surface area contributed by atoms with Crippen molar-refractivity contribution in [2.45, 2.75) is 18.2 Å². The van der Waals surface area contributed by atoms with Gasteiger partial charge in [-0.3, -0.25) is 0 Å². The van der Waals surface area contributed by atoms with Gasteiger partial charge in [-0.1, -0.05) is 12.1 Å². The second kappa shape index (κ2) is 6.10. The summed E-state index contributed by atoms with van der Waals surface area (Å²) in [6.07, 6.45) is 4.23. The van der Waals surface area contributed by atoms with Gasteiger partial charge >= 0.3 is 0 Å². The van der Waals surface area contributed by atoms with E-state index in [0.717, 1.165) is 23.0 Å². The van der Waals surface area contributed by atoms with Crippen LogP contribution in [-0.4, -0.2) is 24.3 Å². The van der Waals surface area contributed by atoms with Crippen LogP contribution in [0.15, 0.2) is 53.7 Å². The van der Waals surface area contributed by atoms with Crippen LogP contribution in [0.4, 0.5) is 4.39 Å². The number of nitrogens with zero attached hydrogens (tertiary/aromatic N) is 2. The number of rotatable bonds is 5. The fraction of sp³-hybridized carbons (Fsp3) is 0.188. The highest BCUT2D eigenvalue weighted by molar-refractivity contribution is 7.89. The van der Waals surface area contributed by atoms with Gasteiger partial charge in [-0.2, -0.15) is 0 Å². The summed E-state index contributed by atoms with van der Waals surface area (Å²) in [4.78, 5) is 4.41. The Kier molecular flexibility index (Phi) is 4.14. The second-order valence-corrected chi connectivity index (χ2v) is 7.03. The molecule has 0 amide bonds. The fourth-order valence-corrected chi connectivity index (χ4v) is 3.42. The van der Waals surface area contributed by atoms with Crippen LogP contribution in [-0.2, 0) is 16.4 Å². The highest BCUT2D eigenvalue weighted by atomic mass is 32.2. The van der Waals surface area contributed by atoms with Crippen LogP contribution >= 0.6 is 0 Å². The second-order valence-electron chi connectivity index (χ2n) is 5.26. The van der Waals surface area contributed by atoms with E-state index in [9.17, 15) is 12.8 Å². The molecule has 0 aliphatic carbocycles. The maximum Gasteiger partial charge on any atom is 0.240 e. The maximum absolute atomic E-state index is 13.1. The normalized spacial score (nSPS) is 11.9. The molecule has 0 saturated heterocycles. The van der Waals surface area contributed by atoms with Gasteiger partial charge in [0, 0.05) is 25.4 Å². The van der Waals surface area contributed by atoms with E-state index in [1.165, 1.54) is 18.2 Å². The van der Waals surface area contributed by atoms with Gasteiger partial charge in [0.05, 0.1) is 10.6 Å². The van der Waals surface area contributed by atoms with Crippen LogP contribution in [0, 0.1) is 12.7 Å². The quantitative estimate of drug-likeness (QED) is 0.779. The summed E-state index contributed by atoms with van der Waals surface area (Å²) in [7, 11) is -3.72. The lowest BCUT2D eigenvalue weighted by molar-refractivity contribution is 0.577. The number of pyridine rings is 1. The molecule has 3 aromatic rings. The number of halogens is 1. The summed E-state index contributed by atoms with van der Waals surface area (Å²) in [6, 6.07) is 8.84. The molecule has 0 atom stereocenters. The minimum absolute atomic E-state index is 0.0802. The van der Waals surface area contributed by atoms with Gasteiger partial charge < -0.3 is 4.40 Å². The number of hydrogen-bond acceptors (Lipinski definition) is 3. The molecule has 0 aliphatic rings. The van der Waals surface area contributed by atoms with Crippen molar-refractivity contribution in [3.8, 4) is 0 Å². The van der Waals surface area contributed by atoms with Crippen LogP contribution in [0.25, 0.3) is 5.65 Å². The van der Waals surface area contributed by atoms with Crippen molar-refractivity contribution in [2.24, 2.45) is 0 Å². The molecule has 1 aromatic carbocycles. The lowest BCUT2D eigenvalue weighted by Crippen LogP contribution is -2.26. The van der Waals surface area contributed by atoms with Crippen molar-refractivity contribution < 1.29 is 12.8 Å². The van der Waals surface area contributed by atoms with Crippen molar-refractivity contribution >= 4 is 15.7 Å². The van der Waals surface area contributed by atoms with E-state index in [1.54, 1.807) is 0 Å². The molecule has 0 spiro atoms.